The van der Waals surface area contributed by atoms with Gasteiger partial charge in [-0.15, -0.1) is 0 Å². The van der Waals surface area contributed by atoms with E-state index in [4.69, 9.17) is 10.5 Å². The van der Waals surface area contributed by atoms with E-state index in [2.05, 4.69) is 5.10 Å². The second-order valence-corrected chi connectivity index (χ2v) is 4.75. The van der Waals surface area contributed by atoms with Crippen molar-refractivity contribution in [2.75, 3.05) is 5.73 Å². The molecule has 0 aliphatic heterocycles. The molecule has 106 valence electrons. The van der Waals surface area contributed by atoms with Gasteiger partial charge in [0, 0.05) is 12.7 Å². The average molecular weight is 273 g/mol. The molecule has 0 saturated heterocycles. The Morgan fingerprint density at radius 2 is 2.15 bits per heavy atom. The Morgan fingerprint density at radius 3 is 2.75 bits per heavy atom. The van der Waals surface area contributed by atoms with Crippen LogP contribution in [0.15, 0.2) is 24.3 Å². The fourth-order valence-electron chi connectivity index (χ4n) is 1.87. The van der Waals surface area contributed by atoms with Crippen molar-refractivity contribution in [2.24, 2.45) is 7.05 Å². The van der Waals surface area contributed by atoms with Gasteiger partial charge in [0.05, 0.1) is 17.0 Å². The van der Waals surface area contributed by atoms with E-state index >= 15 is 0 Å². The molecule has 0 spiro atoms. The van der Waals surface area contributed by atoms with Crippen LogP contribution < -0.4 is 5.73 Å². The van der Waals surface area contributed by atoms with E-state index in [0.29, 0.717) is 11.3 Å². The first kappa shape index (κ1) is 14.1. The number of carbonyl (C=O) groups excluding carboxylic acids is 1. The summed E-state index contributed by atoms with van der Waals surface area (Å²) in [6.45, 7) is 4.13. The topological polar surface area (TPSA) is 70.1 Å². The summed E-state index contributed by atoms with van der Waals surface area (Å²) in [5.74, 6) is -0.379. The molecule has 0 saturated carbocycles. The highest BCUT2D eigenvalue weighted by molar-refractivity contribution is 5.90. The Morgan fingerprint density at radius 1 is 1.40 bits per heavy atom. The van der Waals surface area contributed by atoms with Gasteiger partial charge in [-0.1, -0.05) is 13.0 Å². The van der Waals surface area contributed by atoms with Gasteiger partial charge in [-0.05, 0) is 37.1 Å². The summed E-state index contributed by atoms with van der Waals surface area (Å²) in [5.41, 5.74) is 9.64. The maximum atomic E-state index is 12.0. The average Bonchev–Trinajstić information content (AvgIpc) is 2.79. The Bertz CT molecular complexity index is 632. The molecule has 1 heterocycles. The predicted octanol–water partition coefficient (Wildman–Crippen LogP) is 2.23. The van der Waals surface area contributed by atoms with Gasteiger partial charge < -0.3 is 10.5 Å². The van der Waals surface area contributed by atoms with Crippen LogP contribution >= 0.6 is 0 Å². The minimum absolute atomic E-state index is 0.204. The molecule has 0 amide bonds. The zero-order chi connectivity index (χ0) is 14.7. The Kier molecular flexibility index (Phi) is 4.08. The molecule has 1 aromatic carbocycles. The molecule has 0 fully saturated rings. The molecule has 0 bridgehead atoms. The van der Waals surface area contributed by atoms with Crippen LogP contribution in [-0.2, 0) is 24.8 Å². The number of nitrogen functional groups attached to an aromatic ring is 1. The molecule has 20 heavy (non-hydrogen) atoms. The number of benzene rings is 1. The second-order valence-electron chi connectivity index (χ2n) is 4.75. The summed E-state index contributed by atoms with van der Waals surface area (Å²) in [6, 6.07) is 7.11. The van der Waals surface area contributed by atoms with Crippen LogP contribution in [0, 0.1) is 6.92 Å². The van der Waals surface area contributed by atoms with Gasteiger partial charge in [0.15, 0.2) is 0 Å². The Hall–Kier alpha value is -2.30. The summed E-state index contributed by atoms with van der Waals surface area (Å²) in [6.07, 6.45) is 0.857. The monoisotopic (exact) mass is 273 g/mol. The quantitative estimate of drug-likeness (QED) is 0.685. The highest BCUT2D eigenvalue weighted by Crippen LogP contribution is 2.14. The molecule has 0 atom stereocenters. The molecule has 2 N–H and O–H groups in total. The number of nitrogens with zero attached hydrogens (tertiary/aromatic N) is 2. The fraction of sp³-hybridized carbons (Fsp3) is 0.333. The summed E-state index contributed by atoms with van der Waals surface area (Å²) >= 11 is 0. The number of aromatic nitrogens is 2. The van der Waals surface area contributed by atoms with Gasteiger partial charge in [0.25, 0.3) is 0 Å². The summed E-state index contributed by atoms with van der Waals surface area (Å²) in [4.78, 5) is 12.0. The lowest BCUT2D eigenvalue weighted by Gasteiger charge is -2.06. The molecule has 5 nitrogen and oxygen atoms in total. The molecular formula is C15H19N3O2. The molecule has 2 aromatic rings. The third-order valence-electron chi connectivity index (χ3n) is 3.26. The van der Waals surface area contributed by atoms with Gasteiger partial charge in [-0.2, -0.15) is 5.10 Å². The van der Waals surface area contributed by atoms with Crippen molar-refractivity contribution in [3.05, 3.63) is 46.8 Å². The number of anilines is 1. The van der Waals surface area contributed by atoms with E-state index in [0.717, 1.165) is 23.4 Å². The smallest absolute Gasteiger partial charge is 0.338 e. The number of carbonyl (C=O) groups is 1. The van der Waals surface area contributed by atoms with Crippen molar-refractivity contribution >= 4 is 11.7 Å². The lowest BCUT2D eigenvalue weighted by atomic mass is 10.1. The zero-order valence-corrected chi connectivity index (χ0v) is 12.0. The van der Waals surface area contributed by atoms with E-state index in [1.54, 1.807) is 16.8 Å². The summed E-state index contributed by atoms with van der Waals surface area (Å²) < 4.78 is 7.02. The summed E-state index contributed by atoms with van der Waals surface area (Å²) in [7, 11) is 1.84. The van der Waals surface area contributed by atoms with Gasteiger partial charge in [0.2, 0.25) is 0 Å². The largest absolute Gasteiger partial charge is 0.456 e. The maximum absolute atomic E-state index is 12.0. The third-order valence-corrected chi connectivity index (χ3v) is 3.26. The lowest BCUT2D eigenvalue weighted by Crippen LogP contribution is -2.08. The first-order valence-electron chi connectivity index (χ1n) is 6.56. The third kappa shape index (κ3) is 2.99. The highest BCUT2D eigenvalue weighted by Gasteiger charge is 2.11. The van der Waals surface area contributed by atoms with Gasteiger partial charge in [0.1, 0.15) is 6.61 Å². The molecule has 0 aliphatic rings. The number of aryl methyl sites for hydroxylation is 3. The van der Waals surface area contributed by atoms with Crippen molar-refractivity contribution < 1.29 is 9.53 Å². The molecular weight excluding hydrogens is 254 g/mol. The molecule has 0 radical (unpaired) electrons. The number of esters is 1. The van der Waals surface area contributed by atoms with Crippen molar-refractivity contribution in [3.8, 4) is 0 Å². The SMILES string of the molecule is CCc1cc(COC(=O)c2ccc(C)c(N)c2)n(C)n1. The molecule has 2 rings (SSSR count). The van der Waals surface area contributed by atoms with Gasteiger partial charge in [-0.25, -0.2) is 4.79 Å². The normalized spacial score (nSPS) is 10.6. The first-order chi connectivity index (χ1) is 9.51. The molecule has 0 unspecified atom stereocenters. The van der Waals surface area contributed by atoms with Gasteiger partial charge in [-0.3, -0.25) is 4.68 Å². The number of nitrogens with two attached hydrogens (primary N) is 1. The van der Waals surface area contributed by atoms with E-state index in [9.17, 15) is 4.79 Å². The predicted molar refractivity (Wildman–Crippen MR) is 77.3 cm³/mol. The zero-order valence-electron chi connectivity index (χ0n) is 12.0. The second kappa shape index (κ2) is 5.77. The van der Waals surface area contributed by atoms with Crippen molar-refractivity contribution in [1.29, 1.82) is 0 Å². The Balaban J connectivity index is 2.04. The van der Waals surface area contributed by atoms with Crippen LogP contribution in [0.5, 0.6) is 0 Å². The molecule has 1 aromatic heterocycles. The fourth-order valence-corrected chi connectivity index (χ4v) is 1.87. The number of rotatable bonds is 4. The van der Waals surface area contributed by atoms with Crippen LogP contribution in [0.2, 0.25) is 0 Å². The van der Waals surface area contributed by atoms with E-state index < -0.39 is 0 Å². The Labute approximate surface area is 118 Å². The van der Waals surface area contributed by atoms with Crippen molar-refractivity contribution in [3.63, 3.8) is 0 Å². The lowest BCUT2D eigenvalue weighted by molar-refractivity contribution is 0.0463. The van der Waals surface area contributed by atoms with Crippen LogP contribution in [0.1, 0.15) is 34.2 Å². The molecule has 0 aliphatic carbocycles. The van der Waals surface area contributed by atoms with Crippen LogP contribution in [0.25, 0.3) is 0 Å². The van der Waals surface area contributed by atoms with Crippen LogP contribution in [0.4, 0.5) is 5.69 Å². The number of hydrogen-bond donors (Lipinski definition) is 1. The highest BCUT2D eigenvalue weighted by atomic mass is 16.5. The number of hydrogen-bond acceptors (Lipinski definition) is 4. The van der Waals surface area contributed by atoms with Gasteiger partial charge >= 0.3 is 5.97 Å². The van der Waals surface area contributed by atoms with Crippen molar-refractivity contribution in [2.45, 2.75) is 26.9 Å². The van der Waals surface area contributed by atoms with Crippen LogP contribution in [-0.4, -0.2) is 15.7 Å². The standard InChI is InChI=1S/C15H19N3O2/c1-4-12-8-13(18(3)17-12)9-20-15(19)11-6-5-10(2)14(16)7-11/h5-8H,4,9,16H2,1-3H3. The number of ether oxygens (including phenoxy) is 1. The van der Waals surface area contributed by atoms with E-state index in [1.165, 1.54) is 0 Å². The van der Waals surface area contributed by atoms with E-state index in [1.807, 2.05) is 33.0 Å². The molecule has 5 heteroatoms. The van der Waals surface area contributed by atoms with Crippen LogP contribution in [0.3, 0.4) is 0 Å². The maximum Gasteiger partial charge on any atom is 0.338 e. The van der Waals surface area contributed by atoms with E-state index in [-0.39, 0.29) is 12.6 Å². The minimum Gasteiger partial charge on any atom is -0.456 e. The minimum atomic E-state index is -0.379. The van der Waals surface area contributed by atoms with Crippen molar-refractivity contribution in [1.82, 2.24) is 9.78 Å². The summed E-state index contributed by atoms with van der Waals surface area (Å²) in [5, 5.41) is 4.31. The first-order valence-corrected chi connectivity index (χ1v) is 6.56.